The molecular weight excluding hydrogens is 333 g/mol. The van der Waals surface area contributed by atoms with Crippen LogP contribution in [0, 0.1) is 0 Å². The van der Waals surface area contributed by atoms with E-state index in [9.17, 15) is 0 Å². The standard InChI is InChI=1S/C17H17Cl2N3O/c18-13-4-3-12(7-14(13)19)16-9-22(5-6-23-16)17-8-15(11-1-2-11)20-10-21-17/h3-4,7-8,10-11,16H,1-2,5-6,9H2. The van der Waals surface area contributed by atoms with Crippen molar-refractivity contribution in [3.63, 3.8) is 0 Å². The first-order chi connectivity index (χ1) is 11.2. The lowest BCUT2D eigenvalue weighted by Gasteiger charge is -2.34. The fraction of sp³-hybridized carbons (Fsp3) is 0.412. The molecule has 2 aliphatic rings. The Labute approximate surface area is 145 Å². The summed E-state index contributed by atoms with van der Waals surface area (Å²) in [6.07, 6.45) is 4.13. The van der Waals surface area contributed by atoms with Crippen molar-refractivity contribution in [2.24, 2.45) is 0 Å². The van der Waals surface area contributed by atoms with Crippen molar-refractivity contribution < 1.29 is 4.74 Å². The fourth-order valence-corrected chi connectivity index (χ4v) is 3.22. The monoisotopic (exact) mass is 349 g/mol. The van der Waals surface area contributed by atoms with Gasteiger partial charge in [-0.05, 0) is 30.5 Å². The number of ether oxygens (including phenoxy) is 1. The molecule has 1 aromatic carbocycles. The normalized spacial score (nSPS) is 21.5. The average molecular weight is 350 g/mol. The highest BCUT2D eigenvalue weighted by Gasteiger charge is 2.27. The van der Waals surface area contributed by atoms with E-state index in [1.807, 2.05) is 18.2 Å². The number of hydrogen-bond acceptors (Lipinski definition) is 4. The molecule has 2 heterocycles. The van der Waals surface area contributed by atoms with Crippen LogP contribution in [0.1, 0.15) is 36.1 Å². The summed E-state index contributed by atoms with van der Waals surface area (Å²) in [6.45, 7) is 2.24. The second-order valence-electron chi connectivity index (χ2n) is 6.05. The lowest BCUT2D eigenvalue weighted by Crippen LogP contribution is -2.39. The largest absolute Gasteiger partial charge is 0.370 e. The number of hydrogen-bond donors (Lipinski definition) is 0. The third-order valence-electron chi connectivity index (χ3n) is 4.38. The molecule has 0 amide bonds. The number of halogens is 2. The summed E-state index contributed by atoms with van der Waals surface area (Å²) in [5.74, 6) is 1.61. The highest BCUT2D eigenvalue weighted by molar-refractivity contribution is 6.42. The van der Waals surface area contributed by atoms with Crippen molar-refractivity contribution >= 4 is 29.0 Å². The van der Waals surface area contributed by atoms with Crippen molar-refractivity contribution in [2.75, 3.05) is 24.6 Å². The average Bonchev–Trinajstić information content (AvgIpc) is 3.43. The first-order valence-corrected chi connectivity index (χ1v) is 8.60. The van der Waals surface area contributed by atoms with Gasteiger partial charge in [0.1, 0.15) is 18.2 Å². The molecule has 23 heavy (non-hydrogen) atoms. The van der Waals surface area contributed by atoms with Crippen molar-refractivity contribution in [1.29, 1.82) is 0 Å². The summed E-state index contributed by atoms with van der Waals surface area (Å²) < 4.78 is 5.91. The van der Waals surface area contributed by atoms with Gasteiger partial charge in [0.05, 0.1) is 16.7 Å². The molecule has 4 nitrogen and oxygen atoms in total. The maximum Gasteiger partial charge on any atom is 0.132 e. The van der Waals surface area contributed by atoms with Crippen LogP contribution >= 0.6 is 23.2 Å². The molecule has 0 bridgehead atoms. The molecule has 1 unspecified atom stereocenters. The predicted octanol–water partition coefficient (Wildman–Crippen LogP) is 4.24. The van der Waals surface area contributed by atoms with Crippen LogP contribution in [-0.2, 0) is 4.74 Å². The quantitative estimate of drug-likeness (QED) is 0.830. The molecule has 1 saturated carbocycles. The van der Waals surface area contributed by atoms with Gasteiger partial charge >= 0.3 is 0 Å². The molecule has 1 aliphatic heterocycles. The van der Waals surface area contributed by atoms with E-state index < -0.39 is 0 Å². The van der Waals surface area contributed by atoms with Gasteiger partial charge in [-0.25, -0.2) is 9.97 Å². The zero-order valence-electron chi connectivity index (χ0n) is 12.6. The molecule has 120 valence electrons. The summed E-state index contributed by atoms with van der Waals surface area (Å²) in [5.41, 5.74) is 2.20. The number of benzene rings is 1. The minimum Gasteiger partial charge on any atom is -0.370 e. The molecule has 0 spiro atoms. The van der Waals surface area contributed by atoms with E-state index in [0.717, 1.165) is 30.2 Å². The topological polar surface area (TPSA) is 38.2 Å². The van der Waals surface area contributed by atoms with Gasteiger partial charge in [0, 0.05) is 30.8 Å². The van der Waals surface area contributed by atoms with E-state index in [0.29, 0.717) is 22.6 Å². The smallest absolute Gasteiger partial charge is 0.132 e. The number of morpholine rings is 1. The molecule has 2 fully saturated rings. The van der Waals surface area contributed by atoms with Crippen molar-refractivity contribution in [2.45, 2.75) is 24.9 Å². The SMILES string of the molecule is Clc1ccc(C2CN(c3cc(C4CC4)ncn3)CCO2)cc1Cl. The molecule has 6 heteroatoms. The third-order valence-corrected chi connectivity index (χ3v) is 5.11. The van der Waals surface area contributed by atoms with Crippen LogP contribution in [-0.4, -0.2) is 29.7 Å². The molecule has 1 atom stereocenters. The zero-order valence-corrected chi connectivity index (χ0v) is 14.1. The van der Waals surface area contributed by atoms with E-state index >= 15 is 0 Å². The minimum absolute atomic E-state index is 0.0298. The Balaban J connectivity index is 1.54. The van der Waals surface area contributed by atoms with Crippen LogP contribution in [0.3, 0.4) is 0 Å². The Morgan fingerprint density at radius 1 is 1.09 bits per heavy atom. The maximum atomic E-state index is 6.13. The predicted molar refractivity (Wildman–Crippen MR) is 91.4 cm³/mol. The van der Waals surface area contributed by atoms with Gasteiger partial charge in [0.15, 0.2) is 0 Å². The summed E-state index contributed by atoms with van der Waals surface area (Å²) in [4.78, 5) is 11.1. The van der Waals surface area contributed by atoms with E-state index in [4.69, 9.17) is 27.9 Å². The van der Waals surface area contributed by atoms with E-state index in [-0.39, 0.29) is 6.10 Å². The lowest BCUT2D eigenvalue weighted by atomic mass is 10.1. The van der Waals surface area contributed by atoms with Crippen LogP contribution in [0.15, 0.2) is 30.6 Å². The second kappa shape index (κ2) is 6.27. The second-order valence-corrected chi connectivity index (χ2v) is 6.87. The molecular formula is C17H17Cl2N3O. The van der Waals surface area contributed by atoms with Gasteiger partial charge in [-0.2, -0.15) is 0 Å². The van der Waals surface area contributed by atoms with Crippen LogP contribution in [0.4, 0.5) is 5.82 Å². The van der Waals surface area contributed by atoms with E-state index in [1.165, 1.54) is 12.8 Å². The molecule has 2 aromatic rings. The summed E-state index contributed by atoms with van der Waals surface area (Å²) >= 11 is 12.1. The van der Waals surface area contributed by atoms with E-state index in [2.05, 4.69) is 20.9 Å². The van der Waals surface area contributed by atoms with Crippen molar-refractivity contribution in [3.8, 4) is 0 Å². The van der Waals surface area contributed by atoms with Gasteiger partial charge in [-0.3, -0.25) is 0 Å². The first-order valence-electron chi connectivity index (χ1n) is 7.84. The Morgan fingerprint density at radius 2 is 1.96 bits per heavy atom. The zero-order chi connectivity index (χ0) is 15.8. The number of rotatable bonds is 3. The Morgan fingerprint density at radius 3 is 2.74 bits per heavy atom. The van der Waals surface area contributed by atoms with Crippen LogP contribution in [0.25, 0.3) is 0 Å². The van der Waals surface area contributed by atoms with E-state index in [1.54, 1.807) is 6.33 Å². The Bertz CT molecular complexity index is 721. The number of aromatic nitrogens is 2. The fourth-order valence-electron chi connectivity index (χ4n) is 2.91. The molecule has 1 aliphatic carbocycles. The summed E-state index contributed by atoms with van der Waals surface area (Å²) in [7, 11) is 0. The van der Waals surface area contributed by atoms with Gasteiger partial charge in [-0.1, -0.05) is 29.3 Å². The summed E-state index contributed by atoms with van der Waals surface area (Å²) in [6, 6.07) is 7.79. The van der Waals surface area contributed by atoms with Gasteiger partial charge in [0.25, 0.3) is 0 Å². The molecule has 1 saturated heterocycles. The highest BCUT2D eigenvalue weighted by Crippen LogP contribution is 2.39. The van der Waals surface area contributed by atoms with Crippen LogP contribution in [0.5, 0.6) is 0 Å². The molecule has 1 aromatic heterocycles. The van der Waals surface area contributed by atoms with Gasteiger partial charge in [-0.15, -0.1) is 0 Å². The Kier molecular flexibility index (Phi) is 4.14. The first kappa shape index (κ1) is 15.2. The Hall–Kier alpha value is -1.36. The summed E-state index contributed by atoms with van der Waals surface area (Å²) in [5, 5.41) is 1.12. The van der Waals surface area contributed by atoms with Gasteiger partial charge < -0.3 is 9.64 Å². The number of nitrogens with zero attached hydrogens (tertiary/aromatic N) is 3. The highest BCUT2D eigenvalue weighted by atomic mass is 35.5. The molecule has 0 N–H and O–H groups in total. The number of anilines is 1. The molecule has 4 rings (SSSR count). The van der Waals surface area contributed by atoms with Crippen LogP contribution < -0.4 is 4.90 Å². The van der Waals surface area contributed by atoms with Crippen LogP contribution in [0.2, 0.25) is 10.0 Å². The minimum atomic E-state index is -0.0298. The maximum absolute atomic E-state index is 6.13. The van der Waals surface area contributed by atoms with Crippen molar-refractivity contribution in [1.82, 2.24) is 9.97 Å². The van der Waals surface area contributed by atoms with Gasteiger partial charge in [0.2, 0.25) is 0 Å². The third kappa shape index (κ3) is 3.30. The molecule has 0 radical (unpaired) electrons. The lowest BCUT2D eigenvalue weighted by molar-refractivity contribution is 0.0395. The van der Waals surface area contributed by atoms with Crippen molar-refractivity contribution in [3.05, 3.63) is 51.9 Å².